The van der Waals surface area contributed by atoms with Crippen molar-refractivity contribution in [1.82, 2.24) is 19.9 Å². The van der Waals surface area contributed by atoms with Gasteiger partial charge in [0.25, 0.3) is 0 Å². The third-order valence-electron chi connectivity index (χ3n) is 5.62. The lowest BCUT2D eigenvalue weighted by Gasteiger charge is -2.26. The van der Waals surface area contributed by atoms with E-state index < -0.39 is 0 Å². The van der Waals surface area contributed by atoms with Gasteiger partial charge in [-0.1, -0.05) is 23.8 Å². The summed E-state index contributed by atoms with van der Waals surface area (Å²) in [5.74, 6) is 2.17. The SMILES string of the molecule is Cc1cccc(-c2cnc(C3CCCN3c3ncnc4c3CCC4)[nH]2)c1. The molecule has 1 aliphatic heterocycles. The second kappa shape index (κ2) is 6.24. The third kappa shape index (κ3) is 2.59. The molecule has 26 heavy (non-hydrogen) atoms. The Labute approximate surface area is 153 Å². The molecule has 3 aromatic rings. The van der Waals surface area contributed by atoms with Crippen molar-refractivity contribution in [2.75, 3.05) is 11.4 Å². The molecule has 5 rings (SSSR count). The summed E-state index contributed by atoms with van der Waals surface area (Å²) in [4.78, 5) is 19.9. The molecule has 1 saturated heterocycles. The number of H-pyrrole nitrogens is 1. The summed E-state index contributed by atoms with van der Waals surface area (Å²) in [6.45, 7) is 3.16. The van der Waals surface area contributed by atoms with Crippen LogP contribution in [0, 0.1) is 6.92 Å². The Morgan fingerprint density at radius 3 is 3.00 bits per heavy atom. The number of aryl methyl sites for hydroxylation is 2. The molecular weight excluding hydrogens is 322 g/mol. The van der Waals surface area contributed by atoms with Crippen LogP contribution in [0.1, 0.15) is 47.9 Å². The summed E-state index contributed by atoms with van der Waals surface area (Å²) < 4.78 is 0. The van der Waals surface area contributed by atoms with Crippen molar-refractivity contribution in [3.8, 4) is 11.3 Å². The van der Waals surface area contributed by atoms with E-state index in [2.05, 4.69) is 51.0 Å². The van der Waals surface area contributed by atoms with Gasteiger partial charge >= 0.3 is 0 Å². The summed E-state index contributed by atoms with van der Waals surface area (Å²) >= 11 is 0. The van der Waals surface area contributed by atoms with Crippen LogP contribution in [0.5, 0.6) is 0 Å². The van der Waals surface area contributed by atoms with E-state index in [1.807, 2.05) is 6.20 Å². The Bertz CT molecular complexity index is 945. The lowest BCUT2D eigenvalue weighted by Crippen LogP contribution is -2.25. The zero-order valence-corrected chi connectivity index (χ0v) is 15.1. The van der Waals surface area contributed by atoms with Crippen LogP contribution in [0.4, 0.5) is 5.82 Å². The molecule has 3 heterocycles. The lowest BCUT2D eigenvalue weighted by atomic mass is 10.1. The monoisotopic (exact) mass is 345 g/mol. The van der Waals surface area contributed by atoms with Crippen LogP contribution < -0.4 is 4.90 Å². The van der Waals surface area contributed by atoms with E-state index in [1.165, 1.54) is 35.2 Å². The van der Waals surface area contributed by atoms with Gasteiger partial charge in [-0.25, -0.2) is 15.0 Å². The Kier molecular flexibility index (Phi) is 3.73. The highest BCUT2D eigenvalue weighted by atomic mass is 15.3. The van der Waals surface area contributed by atoms with Crippen LogP contribution in [-0.2, 0) is 12.8 Å². The van der Waals surface area contributed by atoms with Crippen LogP contribution in [0.25, 0.3) is 11.3 Å². The molecule has 1 aliphatic carbocycles. The normalized spacial score (nSPS) is 19.1. The molecule has 1 fully saturated rings. The molecule has 2 aromatic heterocycles. The number of imidazole rings is 1. The van der Waals surface area contributed by atoms with Gasteiger partial charge in [-0.15, -0.1) is 0 Å². The fourth-order valence-corrected chi connectivity index (χ4v) is 4.36. The standard InChI is InChI=1S/C21H23N5/c1-14-5-2-6-15(11-14)18-12-22-20(25-18)19-9-4-10-26(19)21-16-7-3-8-17(16)23-13-24-21/h2,5-6,11-13,19H,3-4,7-10H2,1H3,(H,22,25). The van der Waals surface area contributed by atoms with E-state index in [0.717, 1.165) is 43.1 Å². The molecule has 5 heteroatoms. The minimum absolute atomic E-state index is 0.271. The summed E-state index contributed by atoms with van der Waals surface area (Å²) in [7, 11) is 0. The van der Waals surface area contributed by atoms with Gasteiger partial charge in [-0.05, 0) is 50.7 Å². The molecule has 2 aliphatic rings. The summed E-state index contributed by atoms with van der Waals surface area (Å²) in [5, 5.41) is 0. The number of benzene rings is 1. The maximum absolute atomic E-state index is 4.73. The number of aromatic nitrogens is 4. The minimum Gasteiger partial charge on any atom is -0.346 e. The van der Waals surface area contributed by atoms with E-state index in [1.54, 1.807) is 6.33 Å². The van der Waals surface area contributed by atoms with Crippen molar-refractivity contribution < 1.29 is 0 Å². The molecule has 1 N–H and O–H groups in total. The average molecular weight is 345 g/mol. The Morgan fingerprint density at radius 2 is 2.08 bits per heavy atom. The maximum Gasteiger partial charge on any atom is 0.136 e. The average Bonchev–Trinajstić information content (AvgIpc) is 3.40. The number of hydrogen-bond acceptors (Lipinski definition) is 4. The highest BCUT2D eigenvalue weighted by Crippen LogP contribution is 2.38. The van der Waals surface area contributed by atoms with Crippen molar-refractivity contribution >= 4 is 5.82 Å². The van der Waals surface area contributed by atoms with Crippen LogP contribution in [-0.4, -0.2) is 26.5 Å². The Morgan fingerprint density at radius 1 is 1.12 bits per heavy atom. The molecule has 0 radical (unpaired) electrons. The topological polar surface area (TPSA) is 57.7 Å². The van der Waals surface area contributed by atoms with E-state index in [4.69, 9.17) is 4.98 Å². The maximum atomic E-state index is 4.73. The molecule has 0 saturated carbocycles. The molecule has 1 aromatic carbocycles. The highest BCUT2D eigenvalue weighted by Gasteiger charge is 2.32. The number of aromatic amines is 1. The summed E-state index contributed by atoms with van der Waals surface area (Å²) in [5.41, 5.74) is 6.13. The smallest absolute Gasteiger partial charge is 0.136 e. The number of nitrogens with one attached hydrogen (secondary N) is 1. The van der Waals surface area contributed by atoms with Crippen molar-refractivity contribution in [3.63, 3.8) is 0 Å². The fraction of sp³-hybridized carbons (Fsp3) is 0.381. The van der Waals surface area contributed by atoms with Gasteiger partial charge < -0.3 is 9.88 Å². The van der Waals surface area contributed by atoms with Crippen LogP contribution in [0.3, 0.4) is 0 Å². The first-order valence-electron chi connectivity index (χ1n) is 9.51. The molecule has 132 valence electrons. The number of hydrogen-bond donors (Lipinski definition) is 1. The summed E-state index contributed by atoms with van der Waals surface area (Å²) in [6, 6.07) is 8.81. The number of fused-ring (bicyclic) bond motifs is 1. The van der Waals surface area contributed by atoms with Gasteiger partial charge in [-0.2, -0.15) is 0 Å². The minimum atomic E-state index is 0.271. The zero-order chi connectivity index (χ0) is 17.5. The lowest BCUT2D eigenvalue weighted by molar-refractivity contribution is 0.667. The van der Waals surface area contributed by atoms with E-state index >= 15 is 0 Å². The van der Waals surface area contributed by atoms with E-state index in [0.29, 0.717) is 0 Å². The predicted molar refractivity (Wildman–Crippen MR) is 102 cm³/mol. The van der Waals surface area contributed by atoms with Gasteiger partial charge in [-0.3, -0.25) is 0 Å². The van der Waals surface area contributed by atoms with Gasteiger partial charge in [0.05, 0.1) is 17.9 Å². The molecule has 1 atom stereocenters. The largest absolute Gasteiger partial charge is 0.346 e. The highest BCUT2D eigenvalue weighted by molar-refractivity contribution is 5.60. The number of rotatable bonds is 3. The van der Waals surface area contributed by atoms with Crippen LogP contribution in [0.15, 0.2) is 36.8 Å². The van der Waals surface area contributed by atoms with Gasteiger partial charge in [0.15, 0.2) is 0 Å². The van der Waals surface area contributed by atoms with Gasteiger partial charge in [0.2, 0.25) is 0 Å². The van der Waals surface area contributed by atoms with Crippen molar-refractivity contribution in [3.05, 3.63) is 59.4 Å². The summed E-state index contributed by atoms with van der Waals surface area (Å²) in [6.07, 6.45) is 9.35. The van der Waals surface area contributed by atoms with Crippen molar-refractivity contribution in [1.29, 1.82) is 0 Å². The Hall–Kier alpha value is -2.69. The van der Waals surface area contributed by atoms with Gasteiger partial charge in [0, 0.05) is 17.8 Å². The van der Waals surface area contributed by atoms with Gasteiger partial charge in [0.1, 0.15) is 18.0 Å². The first-order chi connectivity index (χ1) is 12.8. The quantitative estimate of drug-likeness (QED) is 0.779. The molecular formula is C21H23N5. The van der Waals surface area contributed by atoms with E-state index in [-0.39, 0.29) is 6.04 Å². The zero-order valence-electron chi connectivity index (χ0n) is 15.1. The molecule has 1 unspecified atom stereocenters. The second-order valence-electron chi connectivity index (χ2n) is 7.38. The fourth-order valence-electron chi connectivity index (χ4n) is 4.36. The molecule has 0 spiro atoms. The van der Waals surface area contributed by atoms with Crippen LogP contribution in [0.2, 0.25) is 0 Å². The first kappa shape index (κ1) is 15.6. The Balaban J connectivity index is 1.48. The molecule has 0 bridgehead atoms. The predicted octanol–water partition coefficient (Wildman–Crippen LogP) is 4.01. The number of nitrogens with zero attached hydrogens (tertiary/aromatic N) is 4. The van der Waals surface area contributed by atoms with Crippen molar-refractivity contribution in [2.45, 2.75) is 45.1 Å². The third-order valence-corrected chi connectivity index (χ3v) is 5.62. The molecule has 0 amide bonds. The van der Waals surface area contributed by atoms with Crippen LogP contribution >= 0.6 is 0 Å². The number of anilines is 1. The molecule has 5 nitrogen and oxygen atoms in total. The first-order valence-corrected chi connectivity index (χ1v) is 9.51. The van der Waals surface area contributed by atoms with Crippen molar-refractivity contribution in [2.24, 2.45) is 0 Å². The second-order valence-corrected chi connectivity index (χ2v) is 7.38. The van der Waals surface area contributed by atoms with E-state index in [9.17, 15) is 0 Å².